The summed E-state index contributed by atoms with van der Waals surface area (Å²) in [6, 6.07) is 0. The summed E-state index contributed by atoms with van der Waals surface area (Å²) >= 11 is 0. The molecule has 0 unspecified atom stereocenters. The maximum Gasteiger partial charge on any atom is 0.0931 e. The lowest BCUT2D eigenvalue weighted by molar-refractivity contribution is -0.174. The number of fused-ring (bicyclic) bond motifs is 3. The molecule has 2 heteroatoms. The Morgan fingerprint density at radius 2 is 1.94 bits per heavy atom. The normalized spacial score (nSPS) is 38.4. The molecule has 1 saturated carbocycles. The highest BCUT2D eigenvalue weighted by atomic mass is 16.5. The van der Waals surface area contributed by atoms with Crippen molar-refractivity contribution in [2.75, 3.05) is 13.2 Å². The van der Waals surface area contributed by atoms with Crippen LogP contribution in [0.2, 0.25) is 0 Å². The van der Waals surface area contributed by atoms with Gasteiger partial charge in [0.25, 0.3) is 0 Å². The van der Waals surface area contributed by atoms with E-state index >= 15 is 0 Å². The summed E-state index contributed by atoms with van der Waals surface area (Å²) in [5, 5.41) is 9.42. The summed E-state index contributed by atoms with van der Waals surface area (Å²) in [5.74, 6) is 0. The first-order valence-electron chi connectivity index (χ1n) is 5.91. The van der Waals surface area contributed by atoms with E-state index in [4.69, 9.17) is 4.74 Å². The van der Waals surface area contributed by atoms with Crippen molar-refractivity contribution in [3.05, 3.63) is 37.0 Å². The van der Waals surface area contributed by atoms with E-state index < -0.39 is 0 Å². The lowest BCUT2D eigenvalue weighted by atomic mass is 9.64. The molecule has 1 N–H and O–H groups in total. The van der Waals surface area contributed by atoms with E-state index in [9.17, 15) is 5.11 Å². The van der Waals surface area contributed by atoms with Crippen LogP contribution >= 0.6 is 0 Å². The smallest absolute Gasteiger partial charge is 0.0931 e. The zero-order valence-corrected chi connectivity index (χ0v) is 9.74. The summed E-state index contributed by atoms with van der Waals surface area (Å²) in [6.07, 6.45) is 9.72. The Morgan fingerprint density at radius 1 is 1.25 bits per heavy atom. The topological polar surface area (TPSA) is 29.5 Å². The zero-order valence-electron chi connectivity index (χ0n) is 9.74. The van der Waals surface area contributed by atoms with Crippen molar-refractivity contribution in [2.45, 2.75) is 31.3 Å². The molecule has 0 atom stereocenters. The van der Waals surface area contributed by atoms with Crippen LogP contribution < -0.4 is 0 Å². The second-order valence-corrected chi connectivity index (χ2v) is 5.00. The van der Waals surface area contributed by atoms with Gasteiger partial charge in [-0.1, -0.05) is 31.4 Å². The first kappa shape index (κ1) is 11.6. The molecule has 2 aliphatic heterocycles. The third-order valence-electron chi connectivity index (χ3n) is 4.15. The lowest BCUT2D eigenvalue weighted by Gasteiger charge is -2.53. The summed E-state index contributed by atoms with van der Waals surface area (Å²) in [4.78, 5) is 0. The molecule has 2 heterocycles. The van der Waals surface area contributed by atoms with Crippen LogP contribution in [0.3, 0.4) is 0 Å². The number of rotatable bonds is 4. The maximum absolute atomic E-state index is 9.42. The SMILES string of the molecule is C=C/C=C(\C=C)C12CCC(CO)(CC1)CO2. The van der Waals surface area contributed by atoms with E-state index in [2.05, 4.69) is 13.2 Å². The standard InChI is InChI=1S/C14H20O2/c1-3-5-12(4-2)14-8-6-13(10-15,7-9-14)11-16-14/h3-5,15H,1-2,6-11H2/b12-5+. The van der Waals surface area contributed by atoms with E-state index in [0.717, 1.165) is 31.3 Å². The number of allylic oxidation sites excluding steroid dienone is 2. The minimum atomic E-state index is -0.160. The zero-order chi connectivity index (χ0) is 11.6. The van der Waals surface area contributed by atoms with Gasteiger partial charge in [-0.3, -0.25) is 0 Å². The highest BCUT2D eigenvalue weighted by Crippen LogP contribution is 2.51. The van der Waals surface area contributed by atoms with Crippen molar-refractivity contribution in [2.24, 2.45) is 5.41 Å². The quantitative estimate of drug-likeness (QED) is 0.738. The molecule has 2 saturated heterocycles. The molecule has 3 aliphatic rings. The van der Waals surface area contributed by atoms with Crippen molar-refractivity contribution < 1.29 is 9.84 Å². The molecule has 0 spiro atoms. The van der Waals surface area contributed by atoms with Crippen molar-refractivity contribution in [1.82, 2.24) is 0 Å². The Morgan fingerprint density at radius 3 is 2.31 bits per heavy atom. The van der Waals surface area contributed by atoms with Gasteiger partial charge in [-0.25, -0.2) is 0 Å². The van der Waals surface area contributed by atoms with Crippen LogP contribution in [0.15, 0.2) is 37.0 Å². The number of aliphatic hydroxyl groups is 1. The third-order valence-corrected chi connectivity index (χ3v) is 4.15. The second-order valence-electron chi connectivity index (χ2n) is 5.00. The van der Waals surface area contributed by atoms with Crippen LogP contribution in [-0.2, 0) is 4.74 Å². The van der Waals surface area contributed by atoms with Gasteiger partial charge in [-0.15, -0.1) is 0 Å². The Bertz CT molecular complexity index is 303. The number of ether oxygens (including phenoxy) is 1. The fraction of sp³-hybridized carbons (Fsp3) is 0.571. The molecule has 0 amide bonds. The minimum Gasteiger partial charge on any atom is -0.396 e. The Balaban J connectivity index is 2.21. The summed E-state index contributed by atoms with van der Waals surface area (Å²) in [6.45, 7) is 8.51. The number of hydrogen-bond acceptors (Lipinski definition) is 2. The van der Waals surface area contributed by atoms with Crippen LogP contribution in [-0.4, -0.2) is 23.9 Å². The number of hydrogen-bond donors (Lipinski definition) is 1. The van der Waals surface area contributed by atoms with Gasteiger partial charge in [0.2, 0.25) is 0 Å². The molecule has 3 fully saturated rings. The average molecular weight is 220 g/mol. The number of aliphatic hydroxyl groups excluding tert-OH is 1. The van der Waals surface area contributed by atoms with Gasteiger partial charge < -0.3 is 9.84 Å². The van der Waals surface area contributed by atoms with Gasteiger partial charge in [0.05, 0.1) is 18.8 Å². The third kappa shape index (κ3) is 1.66. The minimum absolute atomic E-state index is 0.0300. The molecule has 2 bridgehead atoms. The van der Waals surface area contributed by atoms with Crippen molar-refractivity contribution in [1.29, 1.82) is 0 Å². The molecule has 1 aliphatic carbocycles. The van der Waals surface area contributed by atoms with Gasteiger partial charge in [0.15, 0.2) is 0 Å². The molecular weight excluding hydrogens is 200 g/mol. The predicted octanol–water partition coefficient (Wildman–Crippen LogP) is 2.61. The fourth-order valence-corrected chi connectivity index (χ4v) is 2.87. The molecule has 3 rings (SSSR count). The van der Waals surface area contributed by atoms with Gasteiger partial charge in [0, 0.05) is 5.41 Å². The molecule has 0 aromatic rings. The average Bonchev–Trinajstić information content (AvgIpc) is 2.38. The Kier molecular flexibility index (Phi) is 3.04. The summed E-state index contributed by atoms with van der Waals surface area (Å²) in [5.41, 5.74) is 1.00. The van der Waals surface area contributed by atoms with Gasteiger partial charge in [-0.2, -0.15) is 0 Å². The van der Waals surface area contributed by atoms with Crippen LogP contribution in [0.5, 0.6) is 0 Å². The van der Waals surface area contributed by atoms with Crippen molar-refractivity contribution in [3.8, 4) is 0 Å². The molecule has 0 aromatic heterocycles. The Labute approximate surface area is 97.3 Å². The molecule has 16 heavy (non-hydrogen) atoms. The highest BCUT2D eigenvalue weighted by Gasteiger charge is 2.50. The molecular formula is C14H20O2. The first-order chi connectivity index (χ1) is 7.70. The van der Waals surface area contributed by atoms with Crippen LogP contribution in [0, 0.1) is 5.41 Å². The highest BCUT2D eigenvalue weighted by molar-refractivity contribution is 5.33. The van der Waals surface area contributed by atoms with E-state index in [1.54, 1.807) is 6.08 Å². The fourth-order valence-electron chi connectivity index (χ4n) is 2.87. The van der Waals surface area contributed by atoms with Gasteiger partial charge in [-0.05, 0) is 31.3 Å². The Hall–Kier alpha value is -0.860. The van der Waals surface area contributed by atoms with E-state index in [1.165, 1.54) is 0 Å². The maximum atomic E-state index is 9.42. The van der Waals surface area contributed by atoms with Crippen molar-refractivity contribution in [3.63, 3.8) is 0 Å². The molecule has 0 radical (unpaired) electrons. The molecule has 2 nitrogen and oxygen atoms in total. The van der Waals surface area contributed by atoms with Crippen LogP contribution in [0.1, 0.15) is 25.7 Å². The summed E-state index contributed by atoms with van der Waals surface area (Å²) < 4.78 is 6.02. The summed E-state index contributed by atoms with van der Waals surface area (Å²) in [7, 11) is 0. The van der Waals surface area contributed by atoms with E-state index in [-0.39, 0.29) is 17.6 Å². The lowest BCUT2D eigenvalue weighted by Crippen LogP contribution is -2.53. The first-order valence-corrected chi connectivity index (χ1v) is 5.91. The van der Waals surface area contributed by atoms with Crippen LogP contribution in [0.4, 0.5) is 0 Å². The molecule has 0 aromatic carbocycles. The van der Waals surface area contributed by atoms with Crippen LogP contribution in [0.25, 0.3) is 0 Å². The molecule has 88 valence electrons. The van der Waals surface area contributed by atoms with Gasteiger partial charge >= 0.3 is 0 Å². The largest absolute Gasteiger partial charge is 0.396 e. The van der Waals surface area contributed by atoms with Gasteiger partial charge in [0.1, 0.15) is 0 Å². The van der Waals surface area contributed by atoms with Crippen molar-refractivity contribution >= 4 is 0 Å². The van der Waals surface area contributed by atoms with E-state index in [1.807, 2.05) is 12.2 Å². The predicted molar refractivity (Wildman–Crippen MR) is 65.1 cm³/mol. The van der Waals surface area contributed by atoms with E-state index in [0.29, 0.717) is 6.61 Å². The monoisotopic (exact) mass is 220 g/mol. The second kappa shape index (κ2) is 4.19.